The van der Waals surface area contributed by atoms with E-state index in [1.807, 2.05) is 0 Å². The van der Waals surface area contributed by atoms with Gasteiger partial charge in [0.1, 0.15) is 0 Å². The molecule has 0 aliphatic carbocycles. The van der Waals surface area contributed by atoms with Crippen molar-refractivity contribution in [3.8, 4) is 0 Å². The number of allylic oxidation sites excluding steroid dienone is 1. The molecule has 0 aromatic rings. The molecule has 0 saturated carbocycles. The van der Waals surface area contributed by atoms with E-state index in [-0.39, 0.29) is 16.7 Å². The van der Waals surface area contributed by atoms with Crippen molar-refractivity contribution in [1.82, 2.24) is 5.32 Å². The van der Waals surface area contributed by atoms with Crippen molar-refractivity contribution in [2.45, 2.75) is 74.1 Å². The van der Waals surface area contributed by atoms with E-state index in [0.717, 1.165) is 18.5 Å². The molecule has 0 aromatic carbocycles. The number of carbonyl (C=O) groups is 1. The predicted molar refractivity (Wildman–Crippen MR) is 86.6 cm³/mol. The van der Waals surface area contributed by atoms with Crippen molar-refractivity contribution in [1.29, 1.82) is 0 Å². The maximum atomic E-state index is 12.6. The molecule has 1 rings (SSSR count). The molecule has 1 unspecified atom stereocenters. The van der Waals surface area contributed by atoms with Crippen LogP contribution >= 0.6 is 0 Å². The minimum Gasteiger partial charge on any atom is -0.352 e. The van der Waals surface area contributed by atoms with Crippen LogP contribution in [0.2, 0.25) is 0 Å². The minimum atomic E-state index is -0.0909. The van der Waals surface area contributed by atoms with Gasteiger partial charge in [-0.15, -0.1) is 0 Å². The molecule has 20 heavy (non-hydrogen) atoms. The molecule has 0 fully saturated rings. The van der Waals surface area contributed by atoms with Crippen molar-refractivity contribution in [3.63, 3.8) is 0 Å². The molecule has 1 amide bonds. The minimum absolute atomic E-state index is 0.0642. The lowest BCUT2D eigenvalue weighted by molar-refractivity contribution is -0.118. The Morgan fingerprint density at radius 3 is 2.15 bits per heavy atom. The molecule has 0 radical (unpaired) electrons. The predicted octanol–water partition coefficient (Wildman–Crippen LogP) is 4.70. The second kappa shape index (κ2) is 6.32. The molecule has 0 spiro atoms. The fraction of sp³-hybridized carbons (Fsp3) is 0.833. The normalized spacial score (nSPS) is 21.8. The monoisotopic (exact) mass is 279 g/mol. The third kappa shape index (κ3) is 4.36. The van der Waals surface area contributed by atoms with Gasteiger partial charge in [-0.05, 0) is 29.6 Å². The summed E-state index contributed by atoms with van der Waals surface area (Å²) in [6.07, 6.45) is 4.76. The Balaban J connectivity index is 3.19. The van der Waals surface area contributed by atoms with Crippen LogP contribution in [0.5, 0.6) is 0 Å². The molecule has 0 saturated heterocycles. The van der Waals surface area contributed by atoms with Gasteiger partial charge in [0.2, 0.25) is 5.91 Å². The van der Waals surface area contributed by atoms with Crippen molar-refractivity contribution < 1.29 is 4.79 Å². The van der Waals surface area contributed by atoms with E-state index in [0.29, 0.717) is 5.92 Å². The molecule has 0 bridgehead atoms. The lowest BCUT2D eigenvalue weighted by Gasteiger charge is -2.32. The number of hydrogen-bond donors (Lipinski definition) is 1. The molecule has 1 aliphatic heterocycles. The van der Waals surface area contributed by atoms with E-state index in [9.17, 15) is 4.79 Å². The fourth-order valence-corrected chi connectivity index (χ4v) is 3.10. The van der Waals surface area contributed by atoms with Gasteiger partial charge in [0.15, 0.2) is 0 Å². The summed E-state index contributed by atoms with van der Waals surface area (Å²) in [4.78, 5) is 12.6. The lowest BCUT2D eigenvalue weighted by atomic mass is 9.72. The zero-order valence-electron chi connectivity index (χ0n) is 14.5. The SMILES string of the molecule is CCCCC1CNC(=O)C(C(C)(C)C)=C(C(C)(C)C)C1. The summed E-state index contributed by atoms with van der Waals surface area (Å²) < 4.78 is 0. The molecular formula is C18H33NO. The van der Waals surface area contributed by atoms with Crippen LogP contribution in [-0.2, 0) is 4.79 Å². The van der Waals surface area contributed by atoms with Crippen molar-refractivity contribution in [2.75, 3.05) is 6.54 Å². The van der Waals surface area contributed by atoms with Gasteiger partial charge in [-0.3, -0.25) is 4.79 Å². The molecule has 1 aliphatic rings. The number of unbranched alkanes of at least 4 members (excludes halogenated alkanes) is 1. The number of carbonyl (C=O) groups excluding carboxylic acids is 1. The highest BCUT2D eigenvalue weighted by Crippen LogP contribution is 2.41. The van der Waals surface area contributed by atoms with Gasteiger partial charge in [-0.1, -0.05) is 66.9 Å². The van der Waals surface area contributed by atoms with Gasteiger partial charge in [-0.2, -0.15) is 0 Å². The first-order valence-electron chi connectivity index (χ1n) is 8.09. The first-order chi connectivity index (χ1) is 9.07. The molecule has 2 nitrogen and oxygen atoms in total. The Labute approximate surface area is 125 Å². The van der Waals surface area contributed by atoms with Crippen LogP contribution in [0.1, 0.15) is 74.1 Å². The Morgan fingerprint density at radius 1 is 1.10 bits per heavy atom. The van der Waals surface area contributed by atoms with Crippen LogP contribution in [0.3, 0.4) is 0 Å². The molecule has 1 N–H and O–H groups in total. The summed E-state index contributed by atoms with van der Waals surface area (Å²) in [5, 5.41) is 3.17. The molecule has 0 aromatic heterocycles. The Morgan fingerprint density at radius 2 is 1.70 bits per heavy atom. The average Bonchev–Trinajstić information content (AvgIpc) is 2.44. The Kier molecular flexibility index (Phi) is 5.46. The maximum absolute atomic E-state index is 12.6. The van der Waals surface area contributed by atoms with Gasteiger partial charge in [-0.25, -0.2) is 0 Å². The Bertz CT molecular complexity index is 379. The van der Waals surface area contributed by atoms with Gasteiger partial charge in [0, 0.05) is 12.1 Å². The third-order valence-corrected chi connectivity index (χ3v) is 4.19. The number of nitrogens with one attached hydrogen (secondary N) is 1. The lowest BCUT2D eigenvalue weighted by Crippen LogP contribution is -2.32. The standard InChI is InChI=1S/C18H33NO/c1-8-9-10-13-11-14(17(2,3)4)15(18(5,6)7)16(20)19-12-13/h13H,8-12H2,1-7H3,(H,19,20). The van der Waals surface area contributed by atoms with Crippen LogP contribution in [0, 0.1) is 16.7 Å². The van der Waals surface area contributed by atoms with Gasteiger partial charge in [0.05, 0.1) is 0 Å². The molecule has 1 atom stereocenters. The number of amides is 1. The summed E-state index contributed by atoms with van der Waals surface area (Å²) in [5.41, 5.74) is 2.35. The second-order valence-corrected chi connectivity index (χ2v) is 8.28. The van der Waals surface area contributed by atoms with E-state index >= 15 is 0 Å². The summed E-state index contributed by atoms with van der Waals surface area (Å²) in [6, 6.07) is 0. The molecular weight excluding hydrogens is 246 g/mol. The molecule has 1 heterocycles. The zero-order valence-corrected chi connectivity index (χ0v) is 14.5. The van der Waals surface area contributed by atoms with E-state index in [4.69, 9.17) is 0 Å². The zero-order chi connectivity index (χ0) is 15.6. The Hall–Kier alpha value is -0.790. The molecule has 2 heteroatoms. The first kappa shape index (κ1) is 17.3. The van der Waals surface area contributed by atoms with Gasteiger partial charge >= 0.3 is 0 Å². The van der Waals surface area contributed by atoms with Crippen LogP contribution in [0.25, 0.3) is 0 Å². The first-order valence-corrected chi connectivity index (χ1v) is 8.09. The van der Waals surface area contributed by atoms with E-state index in [2.05, 4.69) is 53.8 Å². The van der Waals surface area contributed by atoms with E-state index < -0.39 is 0 Å². The highest BCUT2D eigenvalue weighted by Gasteiger charge is 2.35. The smallest absolute Gasteiger partial charge is 0.247 e. The van der Waals surface area contributed by atoms with E-state index in [1.54, 1.807) is 0 Å². The van der Waals surface area contributed by atoms with Crippen LogP contribution in [-0.4, -0.2) is 12.5 Å². The third-order valence-electron chi connectivity index (χ3n) is 4.19. The largest absolute Gasteiger partial charge is 0.352 e. The van der Waals surface area contributed by atoms with Crippen molar-refractivity contribution in [2.24, 2.45) is 16.7 Å². The summed E-state index contributed by atoms with van der Waals surface area (Å²) in [5.74, 6) is 0.745. The summed E-state index contributed by atoms with van der Waals surface area (Å²) >= 11 is 0. The molecule has 116 valence electrons. The number of rotatable bonds is 3. The van der Waals surface area contributed by atoms with Crippen molar-refractivity contribution in [3.05, 3.63) is 11.1 Å². The van der Waals surface area contributed by atoms with Crippen LogP contribution in [0.15, 0.2) is 11.1 Å². The van der Waals surface area contributed by atoms with Gasteiger partial charge < -0.3 is 5.32 Å². The summed E-state index contributed by atoms with van der Waals surface area (Å²) in [6.45, 7) is 16.2. The maximum Gasteiger partial charge on any atom is 0.247 e. The van der Waals surface area contributed by atoms with Gasteiger partial charge in [0.25, 0.3) is 0 Å². The second-order valence-electron chi connectivity index (χ2n) is 8.28. The average molecular weight is 279 g/mol. The number of hydrogen-bond acceptors (Lipinski definition) is 1. The highest BCUT2D eigenvalue weighted by atomic mass is 16.1. The van der Waals surface area contributed by atoms with Crippen LogP contribution < -0.4 is 5.32 Å². The van der Waals surface area contributed by atoms with Crippen LogP contribution in [0.4, 0.5) is 0 Å². The quantitative estimate of drug-likeness (QED) is 0.797. The van der Waals surface area contributed by atoms with E-state index in [1.165, 1.54) is 24.8 Å². The highest BCUT2D eigenvalue weighted by molar-refractivity contribution is 5.95. The fourth-order valence-electron chi connectivity index (χ4n) is 3.10. The van der Waals surface area contributed by atoms with Crippen molar-refractivity contribution >= 4 is 5.91 Å². The topological polar surface area (TPSA) is 29.1 Å². The summed E-state index contributed by atoms with van der Waals surface area (Å²) in [7, 11) is 0.